The van der Waals surface area contributed by atoms with Crippen LogP contribution in [-0.2, 0) is 6.42 Å². The highest BCUT2D eigenvalue weighted by molar-refractivity contribution is 5.41. The summed E-state index contributed by atoms with van der Waals surface area (Å²) in [4.78, 5) is 12.5. The van der Waals surface area contributed by atoms with Gasteiger partial charge in [-0.1, -0.05) is 23.4 Å². The smallest absolute Gasteiger partial charge is 0.240 e. The van der Waals surface area contributed by atoms with E-state index in [4.69, 9.17) is 4.52 Å². The van der Waals surface area contributed by atoms with Crippen LogP contribution in [0.4, 0.5) is 0 Å². The second-order valence-corrected chi connectivity index (χ2v) is 4.40. The van der Waals surface area contributed by atoms with Crippen molar-refractivity contribution in [3.63, 3.8) is 0 Å². The molecule has 0 atom stereocenters. The number of phenols is 1. The molecular weight excluding hydrogens is 256 g/mol. The zero-order valence-corrected chi connectivity index (χ0v) is 10.8. The van der Waals surface area contributed by atoms with Crippen molar-refractivity contribution in [3.8, 4) is 17.4 Å². The van der Waals surface area contributed by atoms with Gasteiger partial charge in [0.2, 0.25) is 17.5 Å². The molecule has 6 nitrogen and oxygen atoms in total. The van der Waals surface area contributed by atoms with Crippen molar-refractivity contribution in [2.75, 3.05) is 0 Å². The third-order valence-corrected chi connectivity index (χ3v) is 2.78. The molecule has 0 aliphatic heterocycles. The van der Waals surface area contributed by atoms with Crippen molar-refractivity contribution >= 4 is 0 Å². The lowest BCUT2D eigenvalue weighted by atomic mass is 10.1. The van der Waals surface area contributed by atoms with Gasteiger partial charge in [0, 0.05) is 18.0 Å². The van der Waals surface area contributed by atoms with Gasteiger partial charge in [0.15, 0.2) is 0 Å². The van der Waals surface area contributed by atoms with E-state index in [9.17, 15) is 5.11 Å². The molecule has 6 heteroatoms. The molecule has 2 aromatic heterocycles. The minimum absolute atomic E-state index is 0.207. The van der Waals surface area contributed by atoms with Crippen molar-refractivity contribution in [2.24, 2.45) is 0 Å². The van der Waals surface area contributed by atoms with Crippen molar-refractivity contribution in [3.05, 3.63) is 53.7 Å². The Morgan fingerprint density at radius 3 is 2.60 bits per heavy atom. The largest absolute Gasteiger partial charge is 0.508 e. The Hall–Kier alpha value is -2.76. The summed E-state index contributed by atoms with van der Waals surface area (Å²) >= 11 is 0. The normalized spacial score (nSPS) is 10.7. The highest BCUT2D eigenvalue weighted by atomic mass is 16.5. The highest BCUT2D eigenvalue weighted by Crippen LogP contribution is 2.20. The Morgan fingerprint density at radius 1 is 1.10 bits per heavy atom. The van der Waals surface area contributed by atoms with E-state index in [2.05, 4.69) is 20.1 Å². The topological polar surface area (TPSA) is 84.9 Å². The molecule has 0 saturated heterocycles. The lowest BCUT2D eigenvalue weighted by molar-refractivity contribution is 0.383. The van der Waals surface area contributed by atoms with Gasteiger partial charge in [0.05, 0.1) is 6.42 Å². The van der Waals surface area contributed by atoms with Gasteiger partial charge in [-0.3, -0.25) is 0 Å². The monoisotopic (exact) mass is 268 g/mol. The molecule has 3 aromatic rings. The molecule has 0 spiro atoms. The third-order valence-electron chi connectivity index (χ3n) is 2.78. The van der Waals surface area contributed by atoms with Crippen LogP contribution in [0.1, 0.15) is 17.0 Å². The van der Waals surface area contributed by atoms with Crippen LogP contribution in [0.5, 0.6) is 5.75 Å². The van der Waals surface area contributed by atoms with Crippen LogP contribution in [0.2, 0.25) is 0 Å². The molecule has 0 aliphatic rings. The quantitative estimate of drug-likeness (QED) is 0.783. The van der Waals surface area contributed by atoms with E-state index in [1.165, 1.54) is 0 Å². The van der Waals surface area contributed by atoms with Gasteiger partial charge < -0.3 is 9.63 Å². The number of phenolic OH excluding ortho intramolecular Hbond substituents is 1. The first-order valence-corrected chi connectivity index (χ1v) is 6.11. The van der Waals surface area contributed by atoms with E-state index < -0.39 is 0 Å². The summed E-state index contributed by atoms with van der Waals surface area (Å²) in [6.07, 6.45) is 3.76. The maximum Gasteiger partial charge on any atom is 0.240 e. The summed E-state index contributed by atoms with van der Waals surface area (Å²) < 4.78 is 5.16. The lowest BCUT2D eigenvalue weighted by Crippen LogP contribution is -1.92. The Morgan fingerprint density at radius 2 is 1.85 bits per heavy atom. The molecule has 1 N–H and O–H groups in total. The summed E-state index contributed by atoms with van der Waals surface area (Å²) in [6.45, 7) is 1.91. The van der Waals surface area contributed by atoms with Crippen LogP contribution >= 0.6 is 0 Å². The van der Waals surface area contributed by atoms with Gasteiger partial charge in [-0.15, -0.1) is 0 Å². The van der Waals surface area contributed by atoms with Crippen LogP contribution in [-0.4, -0.2) is 25.2 Å². The van der Waals surface area contributed by atoms with Crippen molar-refractivity contribution < 1.29 is 9.63 Å². The molecule has 2 heterocycles. The molecule has 0 radical (unpaired) electrons. The second kappa shape index (κ2) is 5.08. The summed E-state index contributed by atoms with van der Waals surface area (Å²) in [5.41, 5.74) is 1.69. The molecule has 0 bridgehead atoms. The predicted octanol–water partition coefficient (Wildman–Crippen LogP) is 2.13. The molecule has 0 unspecified atom stereocenters. The van der Waals surface area contributed by atoms with E-state index in [-0.39, 0.29) is 5.75 Å². The number of rotatable bonds is 3. The average molecular weight is 268 g/mol. The van der Waals surface area contributed by atoms with E-state index in [1.54, 1.807) is 24.5 Å². The summed E-state index contributed by atoms with van der Waals surface area (Å²) in [7, 11) is 0. The second-order valence-electron chi connectivity index (χ2n) is 4.40. The number of aryl methyl sites for hydroxylation is 1. The molecule has 0 amide bonds. The maximum atomic E-state index is 9.71. The Bertz CT molecular complexity index is 722. The van der Waals surface area contributed by atoms with Crippen LogP contribution in [0.15, 0.2) is 41.2 Å². The van der Waals surface area contributed by atoms with Gasteiger partial charge in [0.1, 0.15) is 5.75 Å². The number of benzene rings is 1. The first kappa shape index (κ1) is 12.3. The van der Waals surface area contributed by atoms with Crippen molar-refractivity contribution in [1.29, 1.82) is 0 Å². The van der Waals surface area contributed by atoms with E-state index in [0.29, 0.717) is 24.0 Å². The number of para-hydroxylation sites is 1. The first-order valence-electron chi connectivity index (χ1n) is 6.11. The van der Waals surface area contributed by atoms with E-state index in [0.717, 1.165) is 11.1 Å². The third kappa shape index (κ3) is 2.49. The van der Waals surface area contributed by atoms with Crippen molar-refractivity contribution in [2.45, 2.75) is 13.3 Å². The zero-order valence-electron chi connectivity index (χ0n) is 10.8. The van der Waals surface area contributed by atoms with Crippen LogP contribution < -0.4 is 0 Å². The minimum Gasteiger partial charge on any atom is -0.508 e. The maximum absolute atomic E-state index is 9.71. The number of aromatic hydroxyl groups is 1. The molecule has 0 saturated carbocycles. The molecular formula is C14H12N4O2. The first-order chi connectivity index (χ1) is 9.72. The summed E-state index contributed by atoms with van der Waals surface area (Å²) in [5.74, 6) is 1.38. The standard InChI is InChI=1S/C14H12N4O2/c1-9-7-15-13(16-8-9)14-17-12(20-18-14)6-10-4-2-3-5-11(10)19/h2-5,7-8,19H,6H2,1H3. The van der Waals surface area contributed by atoms with Crippen molar-refractivity contribution in [1.82, 2.24) is 20.1 Å². The number of aromatic nitrogens is 4. The zero-order chi connectivity index (χ0) is 13.9. The fourth-order valence-corrected chi connectivity index (χ4v) is 1.75. The molecule has 3 rings (SSSR count). The van der Waals surface area contributed by atoms with Gasteiger partial charge >= 0.3 is 0 Å². The molecule has 0 fully saturated rings. The highest BCUT2D eigenvalue weighted by Gasteiger charge is 2.12. The average Bonchev–Trinajstić information content (AvgIpc) is 2.91. The summed E-state index contributed by atoms with van der Waals surface area (Å²) in [5, 5.41) is 13.6. The fraction of sp³-hybridized carbons (Fsp3) is 0.143. The van der Waals surface area contributed by atoms with E-state index in [1.807, 2.05) is 19.1 Å². The van der Waals surface area contributed by atoms with Gasteiger partial charge in [-0.25, -0.2) is 9.97 Å². The number of hydrogen-bond donors (Lipinski definition) is 1. The molecule has 0 aliphatic carbocycles. The van der Waals surface area contributed by atoms with Crippen LogP contribution in [0.3, 0.4) is 0 Å². The lowest BCUT2D eigenvalue weighted by Gasteiger charge is -1.99. The number of nitrogens with zero attached hydrogens (tertiary/aromatic N) is 4. The fourth-order valence-electron chi connectivity index (χ4n) is 1.75. The van der Waals surface area contributed by atoms with Crippen LogP contribution in [0.25, 0.3) is 11.6 Å². The molecule has 1 aromatic carbocycles. The Labute approximate surface area is 115 Å². The number of hydrogen-bond acceptors (Lipinski definition) is 6. The van der Waals surface area contributed by atoms with Gasteiger partial charge in [-0.05, 0) is 18.6 Å². The SMILES string of the molecule is Cc1cnc(-c2noc(Cc3ccccc3O)n2)nc1. The summed E-state index contributed by atoms with van der Waals surface area (Å²) in [6, 6.07) is 7.03. The Balaban J connectivity index is 1.84. The minimum atomic E-state index is 0.207. The van der Waals surface area contributed by atoms with Gasteiger partial charge in [-0.2, -0.15) is 4.98 Å². The Kier molecular flexibility index (Phi) is 3.12. The van der Waals surface area contributed by atoms with E-state index >= 15 is 0 Å². The predicted molar refractivity (Wildman–Crippen MR) is 71.0 cm³/mol. The van der Waals surface area contributed by atoms with Gasteiger partial charge in [0.25, 0.3) is 0 Å². The molecule has 20 heavy (non-hydrogen) atoms. The molecule has 100 valence electrons. The van der Waals surface area contributed by atoms with Crippen LogP contribution in [0, 0.1) is 6.92 Å².